The minimum Gasteiger partial charge on any atom is -0.489 e. The number of rotatable bonds is 5. The fourth-order valence-corrected chi connectivity index (χ4v) is 1.84. The summed E-state index contributed by atoms with van der Waals surface area (Å²) < 4.78 is 5.67. The second kappa shape index (κ2) is 6.76. The van der Waals surface area contributed by atoms with Gasteiger partial charge in [-0.3, -0.25) is 0 Å². The fraction of sp³-hybridized carbons (Fsp3) is 0.176. The molecule has 1 atom stereocenters. The molecule has 2 aromatic carbocycles. The smallest absolute Gasteiger partial charge is 0.125 e. The number of aliphatic hydroxyl groups is 1. The van der Waals surface area contributed by atoms with E-state index in [0.717, 1.165) is 16.9 Å². The first-order chi connectivity index (χ1) is 9.27. The van der Waals surface area contributed by atoms with E-state index in [0.29, 0.717) is 6.61 Å². The summed E-state index contributed by atoms with van der Waals surface area (Å²) in [6.07, 6.45) is 3.47. The minimum absolute atomic E-state index is 0.485. The van der Waals surface area contributed by atoms with Crippen LogP contribution < -0.4 is 4.74 Å². The van der Waals surface area contributed by atoms with Gasteiger partial charge in [-0.25, -0.2) is 0 Å². The van der Waals surface area contributed by atoms with Crippen LogP contribution in [0.15, 0.2) is 60.7 Å². The van der Waals surface area contributed by atoms with Crippen molar-refractivity contribution in [3.8, 4) is 5.75 Å². The molecule has 0 bridgehead atoms. The molecular weight excluding hydrogens is 236 g/mol. The van der Waals surface area contributed by atoms with Gasteiger partial charge >= 0.3 is 0 Å². The number of hydrogen-bond acceptors (Lipinski definition) is 2. The normalized spacial score (nSPS) is 12.5. The molecule has 0 aliphatic heterocycles. The predicted molar refractivity (Wildman–Crippen MR) is 78.0 cm³/mol. The van der Waals surface area contributed by atoms with Crippen LogP contribution in [0.25, 0.3) is 6.08 Å². The quantitative estimate of drug-likeness (QED) is 0.878. The lowest BCUT2D eigenvalue weighted by Gasteiger charge is -2.11. The molecule has 2 heteroatoms. The molecule has 0 saturated heterocycles. The first-order valence-electron chi connectivity index (χ1n) is 6.39. The molecule has 0 fully saturated rings. The SMILES string of the molecule is C[C@@H](O)c1ccccc1OC/C=C/c1ccccc1. The van der Waals surface area contributed by atoms with Crippen LogP contribution in [0, 0.1) is 0 Å². The van der Waals surface area contributed by atoms with Gasteiger partial charge in [0.05, 0.1) is 6.10 Å². The van der Waals surface area contributed by atoms with E-state index in [-0.39, 0.29) is 0 Å². The second-order valence-corrected chi connectivity index (χ2v) is 4.34. The molecule has 0 amide bonds. The number of hydrogen-bond donors (Lipinski definition) is 1. The average Bonchev–Trinajstić information content (AvgIpc) is 2.45. The van der Waals surface area contributed by atoms with Crippen LogP contribution in [-0.4, -0.2) is 11.7 Å². The first-order valence-corrected chi connectivity index (χ1v) is 6.39. The summed E-state index contributed by atoms with van der Waals surface area (Å²) >= 11 is 0. The van der Waals surface area contributed by atoms with E-state index < -0.39 is 6.10 Å². The third-order valence-corrected chi connectivity index (χ3v) is 2.81. The average molecular weight is 254 g/mol. The van der Waals surface area contributed by atoms with Crippen molar-refractivity contribution in [1.82, 2.24) is 0 Å². The Balaban J connectivity index is 1.95. The van der Waals surface area contributed by atoms with Crippen LogP contribution in [0.2, 0.25) is 0 Å². The van der Waals surface area contributed by atoms with Crippen molar-refractivity contribution < 1.29 is 9.84 Å². The van der Waals surface area contributed by atoms with Crippen molar-refractivity contribution in [2.75, 3.05) is 6.61 Å². The number of benzene rings is 2. The molecule has 2 aromatic rings. The van der Waals surface area contributed by atoms with Gasteiger partial charge in [-0.15, -0.1) is 0 Å². The Bertz CT molecular complexity index is 530. The van der Waals surface area contributed by atoms with Gasteiger partial charge in [-0.05, 0) is 24.6 Å². The predicted octanol–water partition coefficient (Wildman–Crippen LogP) is 3.83. The van der Waals surface area contributed by atoms with Crippen LogP contribution in [0.5, 0.6) is 5.75 Å². The maximum absolute atomic E-state index is 9.64. The molecule has 98 valence electrons. The third kappa shape index (κ3) is 3.97. The molecule has 0 heterocycles. The Kier molecular flexibility index (Phi) is 4.76. The Morgan fingerprint density at radius 2 is 1.74 bits per heavy atom. The standard InChI is InChI=1S/C17H18O2/c1-14(18)16-11-5-6-12-17(16)19-13-7-10-15-8-3-2-4-9-15/h2-12,14,18H,13H2,1H3/b10-7+/t14-/m1/s1. The zero-order valence-electron chi connectivity index (χ0n) is 11.0. The topological polar surface area (TPSA) is 29.5 Å². The van der Waals surface area contributed by atoms with Crippen LogP contribution in [0.4, 0.5) is 0 Å². The zero-order chi connectivity index (χ0) is 13.5. The fourth-order valence-electron chi connectivity index (χ4n) is 1.84. The lowest BCUT2D eigenvalue weighted by atomic mass is 10.1. The monoisotopic (exact) mass is 254 g/mol. The van der Waals surface area contributed by atoms with Crippen LogP contribution in [-0.2, 0) is 0 Å². The van der Waals surface area contributed by atoms with Gasteiger partial charge in [0.25, 0.3) is 0 Å². The van der Waals surface area contributed by atoms with Gasteiger partial charge in [-0.1, -0.05) is 54.6 Å². The van der Waals surface area contributed by atoms with Gasteiger partial charge in [-0.2, -0.15) is 0 Å². The van der Waals surface area contributed by atoms with Crippen LogP contribution in [0.3, 0.4) is 0 Å². The Labute approximate surface area is 114 Å². The Morgan fingerprint density at radius 1 is 1.05 bits per heavy atom. The first kappa shape index (κ1) is 13.4. The lowest BCUT2D eigenvalue weighted by molar-refractivity contribution is 0.193. The number of para-hydroxylation sites is 1. The van der Waals surface area contributed by atoms with E-state index in [9.17, 15) is 5.11 Å². The summed E-state index contributed by atoms with van der Waals surface area (Å²) in [5.41, 5.74) is 1.96. The van der Waals surface area contributed by atoms with E-state index in [1.54, 1.807) is 6.92 Å². The van der Waals surface area contributed by atoms with Crippen molar-refractivity contribution in [3.63, 3.8) is 0 Å². The molecule has 2 rings (SSSR count). The van der Waals surface area contributed by atoms with Gasteiger partial charge in [0.15, 0.2) is 0 Å². The third-order valence-electron chi connectivity index (χ3n) is 2.81. The van der Waals surface area contributed by atoms with E-state index in [2.05, 4.69) is 0 Å². The largest absolute Gasteiger partial charge is 0.489 e. The van der Waals surface area contributed by atoms with Crippen molar-refractivity contribution in [1.29, 1.82) is 0 Å². The van der Waals surface area contributed by atoms with E-state index in [1.165, 1.54) is 0 Å². The van der Waals surface area contributed by atoms with Gasteiger partial charge in [0.1, 0.15) is 12.4 Å². The van der Waals surface area contributed by atoms with Crippen molar-refractivity contribution >= 4 is 6.08 Å². The minimum atomic E-state index is -0.519. The second-order valence-electron chi connectivity index (χ2n) is 4.34. The van der Waals surface area contributed by atoms with E-state index in [1.807, 2.05) is 66.7 Å². The highest BCUT2D eigenvalue weighted by Crippen LogP contribution is 2.24. The van der Waals surface area contributed by atoms with Crippen LogP contribution in [0.1, 0.15) is 24.2 Å². The van der Waals surface area contributed by atoms with E-state index >= 15 is 0 Å². The summed E-state index contributed by atoms with van der Waals surface area (Å²) in [6.45, 7) is 2.22. The maximum atomic E-state index is 9.64. The maximum Gasteiger partial charge on any atom is 0.125 e. The molecule has 0 aliphatic rings. The zero-order valence-corrected chi connectivity index (χ0v) is 11.0. The van der Waals surface area contributed by atoms with Crippen molar-refractivity contribution in [2.45, 2.75) is 13.0 Å². The molecule has 2 nitrogen and oxygen atoms in total. The summed E-state index contributed by atoms with van der Waals surface area (Å²) in [4.78, 5) is 0. The molecule has 19 heavy (non-hydrogen) atoms. The van der Waals surface area contributed by atoms with Gasteiger partial charge < -0.3 is 9.84 Å². The number of ether oxygens (including phenoxy) is 1. The Morgan fingerprint density at radius 3 is 2.47 bits per heavy atom. The lowest BCUT2D eigenvalue weighted by Crippen LogP contribution is -2.00. The summed E-state index contributed by atoms with van der Waals surface area (Å²) in [5, 5.41) is 9.64. The molecular formula is C17H18O2. The molecule has 0 saturated carbocycles. The van der Waals surface area contributed by atoms with Gasteiger partial charge in [0.2, 0.25) is 0 Å². The molecule has 0 spiro atoms. The molecule has 1 N–H and O–H groups in total. The molecule has 0 aliphatic carbocycles. The summed E-state index contributed by atoms with van der Waals surface area (Å²) in [7, 11) is 0. The van der Waals surface area contributed by atoms with Crippen molar-refractivity contribution in [2.24, 2.45) is 0 Å². The summed E-state index contributed by atoms with van der Waals surface area (Å²) in [6, 6.07) is 17.6. The summed E-state index contributed by atoms with van der Waals surface area (Å²) in [5.74, 6) is 0.732. The molecule has 0 aromatic heterocycles. The van der Waals surface area contributed by atoms with Crippen LogP contribution >= 0.6 is 0 Å². The van der Waals surface area contributed by atoms with Gasteiger partial charge in [0, 0.05) is 5.56 Å². The molecule has 0 unspecified atom stereocenters. The highest BCUT2D eigenvalue weighted by Gasteiger charge is 2.06. The number of aliphatic hydroxyl groups excluding tert-OH is 1. The highest BCUT2D eigenvalue weighted by atomic mass is 16.5. The van der Waals surface area contributed by atoms with E-state index in [4.69, 9.17) is 4.74 Å². The molecule has 0 radical (unpaired) electrons. The van der Waals surface area contributed by atoms with Crippen molar-refractivity contribution in [3.05, 3.63) is 71.8 Å². The highest BCUT2D eigenvalue weighted by molar-refractivity contribution is 5.48. The Hall–Kier alpha value is -2.06.